The van der Waals surface area contributed by atoms with Crippen molar-refractivity contribution in [3.05, 3.63) is 59.7 Å². The molecule has 1 aliphatic heterocycles. The van der Waals surface area contributed by atoms with E-state index in [4.69, 9.17) is 5.73 Å². The average molecular weight is 238 g/mol. The van der Waals surface area contributed by atoms with Gasteiger partial charge in [0.25, 0.3) is 5.91 Å². The molecule has 0 radical (unpaired) electrons. The summed E-state index contributed by atoms with van der Waals surface area (Å²) in [5.74, 6) is -0.810. The number of carbonyl (C=O) groups is 2. The Morgan fingerprint density at radius 1 is 0.833 bits per heavy atom. The van der Waals surface area contributed by atoms with Crippen molar-refractivity contribution < 1.29 is 9.59 Å². The Morgan fingerprint density at radius 2 is 1.33 bits per heavy atom. The highest BCUT2D eigenvalue weighted by Gasteiger charge is 2.35. The zero-order valence-corrected chi connectivity index (χ0v) is 9.46. The third-order valence-electron chi connectivity index (χ3n) is 2.94. The molecule has 3 rings (SSSR count). The predicted molar refractivity (Wildman–Crippen MR) is 67.9 cm³/mol. The molecule has 2 aromatic rings. The first kappa shape index (κ1) is 10.5. The number of rotatable bonds is 2. The van der Waals surface area contributed by atoms with E-state index in [-0.39, 0.29) is 11.5 Å². The summed E-state index contributed by atoms with van der Waals surface area (Å²) in [5.41, 5.74) is 7.61. The van der Waals surface area contributed by atoms with Crippen LogP contribution in [0.3, 0.4) is 0 Å². The van der Waals surface area contributed by atoms with Gasteiger partial charge in [0.2, 0.25) is 5.91 Å². The zero-order chi connectivity index (χ0) is 12.7. The van der Waals surface area contributed by atoms with Gasteiger partial charge in [0.15, 0.2) is 0 Å². The summed E-state index contributed by atoms with van der Waals surface area (Å²) in [4.78, 5) is 25.2. The van der Waals surface area contributed by atoms with Crippen LogP contribution in [0.5, 0.6) is 0 Å². The van der Waals surface area contributed by atoms with Crippen LogP contribution >= 0.6 is 0 Å². The number of para-hydroxylation sites is 2. The predicted octanol–water partition coefficient (Wildman–Crippen LogP) is 2.08. The lowest BCUT2D eigenvalue weighted by atomic mass is 10.1. The fraction of sp³-hybridized carbons (Fsp3) is 0. The Labute approximate surface area is 104 Å². The summed E-state index contributed by atoms with van der Waals surface area (Å²) in [6, 6.07) is 14.0. The molecule has 0 aliphatic carbocycles. The normalized spacial score (nSPS) is 11.9. The Morgan fingerprint density at radius 3 is 1.89 bits per heavy atom. The minimum Gasteiger partial charge on any atom is -0.366 e. The highest BCUT2D eigenvalue weighted by Crippen LogP contribution is 2.48. The minimum atomic E-state index is -0.593. The van der Waals surface area contributed by atoms with Crippen LogP contribution in [-0.4, -0.2) is 11.8 Å². The fourth-order valence-electron chi connectivity index (χ4n) is 2.03. The van der Waals surface area contributed by atoms with Gasteiger partial charge in [-0.25, -0.2) is 0 Å². The fourth-order valence-corrected chi connectivity index (χ4v) is 2.03. The molecular formula is C14H10N2O2. The van der Waals surface area contributed by atoms with Gasteiger partial charge in [-0.1, -0.05) is 24.3 Å². The van der Waals surface area contributed by atoms with Crippen LogP contribution in [0.1, 0.15) is 20.7 Å². The number of fused-ring (bicyclic) bond motifs is 1. The van der Waals surface area contributed by atoms with Crippen LogP contribution < -0.4 is 10.6 Å². The highest BCUT2D eigenvalue weighted by molar-refractivity contribution is 6.24. The van der Waals surface area contributed by atoms with Crippen LogP contribution in [0.15, 0.2) is 48.5 Å². The number of amides is 2. The summed E-state index contributed by atoms with van der Waals surface area (Å²) in [6.07, 6.45) is 0. The average Bonchev–Trinajstić information content (AvgIpc) is 3.12. The molecule has 0 bridgehead atoms. The molecule has 0 unspecified atom stereocenters. The molecule has 4 nitrogen and oxygen atoms in total. The van der Waals surface area contributed by atoms with E-state index in [9.17, 15) is 9.59 Å². The maximum absolute atomic E-state index is 12.3. The summed E-state index contributed by atoms with van der Waals surface area (Å²) >= 11 is 0. The molecule has 0 fully saturated rings. The Balaban J connectivity index is 1.99. The molecule has 2 aromatic carbocycles. The molecule has 0 aromatic heterocycles. The van der Waals surface area contributed by atoms with Crippen molar-refractivity contribution in [2.45, 2.75) is 0 Å². The first-order valence-electron chi connectivity index (χ1n) is 5.52. The molecule has 0 spiro atoms. The van der Waals surface area contributed by atoms with Crippen molar-refractivity contribution in [2.24, 2.45) is 5.73 Å². The van der Waals surface area contributed by atoms with Gasteiger partial charge in [0.05, 0.1) is 22.5 Å². The van der Waals surface area contributed by atoms with Crippen molar-refractivity contribution in [3.8, 4) is 0 Å². The quantitative estimate of drug-likeness (QED) is 0.814. The molecule has 2 N–H and O–H groups in total. The van der Waals surface area contributed by atoms with E-state index in [1.165, 1.54) is 0 Å². The van der Waals surface area contributed by atoms with Gasteiger partial charge >= 0.3 is 0 Å². The monoisotopic (exact) mass is 238 g/mol. The lowest BCUT2D eigenvalue weighted by Crippen LogP contribution is -2.20. The van der Waals surface area contributed by atoms with Crippen molar-refractivity contribution in [2.75, 3.05) is 4.90 Å². The van der Waals surface area contributed by atoms with Gasteiger partial charge in [-0.05, 0) is 24.3 Å². The van der Waals surface area contributed by atoms with Gasteiger partial charge in [-0.3, -0.25) is 14.5 Å². The summed E-state index contributed by atoms with van der Waals surface area (Å²) in [6.45, 7) is 0. The molecule has 1 heterocycles. The maximum Gasteiger partial charge on any atom is 0.263 e. The minimum absolute atomic E-state index is 0.217. The van der Waals surface area contributed by atoms with E-state index in [1.54, 1.807) is 29.2 Å². The molecule has 88 valence electrons. The van der Waals surface area contributed by atoms with Crippen molar-refractivity contribution >= 4 is 23.2 Å². The molecule has 0 saturated carbocycles. The number of nitrogens with zero attached hydrogens (tertiary/aromatic N) is 1. The molecule has 2 amide bonds. The molecule has 0 atom stereocenters. The van der Waals surface area contributed by atoms with Gasteiger partial charge in [-0.2, -0.15) is 0 Å². The van der Waals surface area contributed by atoms with E-state index in [1.807, 2.05) is 24.3 Å². The number of hydrogen-bond acceptors (Lipinski definition) is 2. The third kappa shape index (κ3) is 1.47. The summed E-state index contributed by atoms with van der Waals surface area (Å²) in [7, 11) is 0. The first-order valence-corrected chi connectivity index (χ1v) is 5.52. The second-order valence-electron chi connectivity index (χ2n) is 4.04. The van der Waals surface area contributed by atoms with Gasteiger partial charge < -0.3 is 5.73 Å². The SMILES string of the molecule is NC(=O)c1ccccc1C(=O)N1c2ccccc21. The smallest absolute Gasteiger partial charge is 0.263 e. The first-order chi connectivity index (χ1) is 8.70. The standard InChI is InChI=1S/C14H10N2O2/c15-13(17)9-5-1-2-6-10(9)14(18)16-11-7-3-4-8-12(11)16/h1-8H,(H2,15,17). The van der Waals surface area contributed by atoms with Gasteiger partial charge in [0.1, 0.15) is 0 Å². The second-order valence-corrected chi connectivity index (χ2v) is 4.04. The number of primary amides is 1. The number of hydrogen-bond donors (Lipinski definition) is 1. The van der Waals surface area contributed by atoms with E-state index in [0.29, 0.717) is 5.56 Å². The van der Waals surface area contributed by atoms with Gasteiger partial charge in [0, 0.05) is 0 Å². The summed E-state index contributed by atoms with van der Waals surface area (Å²) < 4.78 is 0. The number of benzene rings is 2. The Kier molecular flexibility index (Phi) is 2.16. The van der Waals surface area contributed by atoms with Crippen molar-refractivity contribution in [3.63, 3.8) is 0 Å². The molecule has 1 aliphatic rings. The Bertz CT molecular complexity index is 641. The maximum atomic E-state index is 12.3. The van der Waals surface area contributed by atoms with Crippen molar-refractivity contribution in [1.82, 2.24) is 0 Å². The van der Waals surface area contributed by atoms with Crippen LogP contribution in [-0.2, 0) is 0 Å². The van der Waals surface area contributed by atoms with Crippen LogP contribution in [0.25, 0.3) is 0 Å². The number of nitrogens with two attached hydrogens (primary N) is 1. The topological polar surface area (TPSA) is 63.2 Å². The molecular weight excluding hydrogens is 228 g/mol. The Hall–Kier alpha value is -2.62. The van der Waals surface area contributed by atoms with Crippen LogP contribution in [0.2, 0.25) is 0 Å². The number of anilines is 2. The van der Waals surface area contributed by atoms with E-state index < -0.39 is 5.91 Å². The van der Waals surface area contributed by atoms with Crippen LogP contribution in [0, 0.1) is 0 Å². The molecule has 4 heteroatoms. The van der Waals surface area contributed by atoms with Crippen molar-refractivity contribution in [1.29, 1.82) is 0 Å². The molecule has 0 saturated heterocycles. The third-order valence-corrected chi connectivity index (χ3v) is 2.94. The van der Waals surface area contributed by atoms with E-state index in [2.05, 4.69) is 0 Å². The summed E-state index contributed by atoms with van der Waals surface area (Å²) in [5, 5.41) is 0. The highest BCUT2D eigenvalue weighted by atomic mass is 16.2. The van der Waals surface area contributed by atoms with E-state index in [0.717, 1.165) is 11.4 Å². The zero-order valence-electron chi connectivity index (χ0n) is 9.46. The van der Waals surface area contributed by atoms with Gasteiger partial charge in [-0.15, -0.1) is 0 Å². The number of carbonyl (C=O) groups excluding carboxylic acids is 2. The second kappa shape index (κ2) is 3.70. The molecule has 18 heavy (non-hydrogen) atoms. The largest absolute Gasteiger partial charge is 0.366 e. The lowest BCUT2D eigenvalue weighted by molar-refractivity contribution is 0.0970. The van der Waals surface area contributed by atoms with Crippen LogP contribution in [0.4, 0.5) is 11.4 Å². The van der Waals surface area contributed by atoms with E-state index >= 15 is 0 Å². The lowest BCUT2D eigenvalue weighted by Gasteiger charge is -2.06.